The largest absolute Gasteiger partial charge is 0.356 e. The first-order chi connectivity index (χ1) is 16.7. The molecular formula is C23H26N10O. The topological polar surface area (TPSA) is 121 Å². The molecule has 0 spiro atoms. The van der Waals surface area contributed by atoms with Crippen LogP contribution in [0.2, 0.25) is 0 Å². The van der Waals surface area contributed by atoms with Crippen molar-refractivity contribution in [3.63, 3.8) is 0 Å². The molecule has 11 nitrogen and oxygen atoms in total. The lowest BCUT2D eigenvalue weighted by molar-refractivity contribution is 0.102. The number of anilines is 3. The third kappa shape index (κ3) is 3.62. The van der Waals surface area contributed by atoms with Gasteiger partial charge in [0, 0.05) is 38.8 Å². The second-order valence-electron chi connectivity index (χ2n) is 8.83. The number of tetrazole rings is 1. The fraction of sp³-hybridized carbons (Fsp3) is 0.391. The lowest BCUT2D eigenvalue weighted by atomic mass is 10.1. The number of hydrogen-bond donors (Lipinski definition) is 2. The molecule has 11 heteroatoms. The van der Waals surface area contributed by atoms with Crippen LogP contribution in [0.5, 0.6) is 0 Å². The molecule has 2 fully saturated rings. The average Bonchev–Trinajstić information content (AvgIpc) is 3.67. The van der Waals surface area contributed by atoms with Crippen molar-refractivity contribution in [1.29, 1.82) is 0 Å². The van der Waals surface area contributed by atoms with Crippen LogP contribution in [0, 0.1) is 0 Å². The van der Waals surface area contributed by atoms with Crippen molar-refractivity contribution in [2.45, 2.75) is 25.7 Å². The number of nitrogens with zero attached hydrogens (tertiary/aromatic N) is 8. The summed E-state index contributed by atoms with van der Waals surface area (Å²) in [5, 5.41) is 17.0. The standard InChI is InChI=1S/C23H26N10O/c1-31-18(15-6-8-16(9-7-15)21(34)26-22-27-29-30-28-22)14-17-19(31)24-23(33-12-4-5-13-33)25-20(17)32-10-2-3-11-32/h6-9,14H,2-5,10-13H2,1H3,(H2,26,27,28,29,30,34). The van der Waals surface area contributed by atoms with Crippen LogP contribution in [0.4, 0.5) is 17.7 Å². The highest BCUT2D eigenvalue weighted by Crippen LogP contribution is 2.35. The molecule has 34 heavy (non-hydrogen) atoms. The Hall–Kier alpha value is -4.02. The Kier molecular flexibility index (Phi) is 5.08. The highest BCUT2D eigenvalue weighted by atomic mass is 16.1. The number of carbonyl (C=O) groups excluding carboxylic acids is 1. The molecule has 0 saturated carbocycles. The van der Waals surface area contributed by atoms with Gasteiger partial charge in [-0.2, -0.15) is 15.2 Å². The van der Waals surface area contributed by atoms with E-state index in [0.29, 0.717) is 5.56 Å². The number of H-pyrrole nitrogens is 1. The minimum absolute atomic E-state index is 0.143. The van der Waals surface area contributed by atoms with Crippen molar-refractivity contribution in [2.24, 2.45) is 7.05 Å². The summed E-state index contributed by atoms with van der Waals surface area (Å²) in [6.07, 6.45) is 4.76. The number of hydrogen-bond acceptors (Lipinski definition) is 8. The van der Waals surface area contributed by atoms with E-state index in [4.69, 9.17) is 9.97 Å². The van der Waals surface area contributed by atoms with Crippen LogP contribution in [-0.2, 0) is 7.05 Å². The molecule has 2 aliphatic rings. The van der Waals surface area contributed by atoms with Gasteiger partial charge in [-0.1, -0.05) is 17.2 Å². The van der Waals surface area contributed by atoms with E-state index < -0.39 is 0 Å². The van der Waals surface area contributed by atoms with Crippen molar-refractivity contribution in [2.75, 3.05) is 41.3 Å². The molecule has 3 aromatic heterocycles. The van der Waals surface area contributed by atoms with Crippen molar-refractivity contribution in [3.8, 4) is 11.3 Å². The van der Waals surface area contributed by atoms with Gasteiger partial charge in [0.2, 0.25) is 5.95 Å². The molecule has 0 atom stereocenters. The van der Waals surface area contributed by atoms with Crippen LogP contribution >= 0.6 is 0 Å². The van der Waals surface area contributed by atoms with Gasteiger partial charge in [-0.05, 0) is 54.7 Å². The van der Waals surface area contributed by atoms with Gasteiger partial charge in [0.25, 0.3) is 11.9 Å². The molecule has 2 saturated heterocycles. The predicted octanol–water partition coefficient (Wildman–Crippen LogP) is 2.60. The summed E-state index contributed by atoms with van der Waals surface area (Å²) < 4.78 is 2.13. The lowest BCUT2D eigenvalue weighted by Crippen LogP contribution is -2.24. The first kappa shape index (κ1) is 20.6. The van der Waals surface area contributed by atoms with E-state index in [-0.39, 0.29) is 11.9 Å². The maximum absolute atomic E-state index is 12.5. The van der Waals surface area contributed by atoms with Gasteiger partial charge in [0.1, 0.15) is 11.5 Å². The predicted molar refractivity (Wildman–Crippen MR) is 129 cm³/mol. The summed E-state index contributed by atoms with van der Waals surface area (Å²) in [6.45, 7) is 4.07. The first-order valence-electron chi connectivity index (χ1n) is 11.7. The summed E-state index contributed by atoms with van der Waals surface area (Å²) >= 11 is 0. The first-order valence-corrected chi connectivity index (χ1v) is 11.7. The SMILES string of the molecule is Cn1c(-c2ccc(C(=O)Nc3nn[nH]n3)cc2)cc2c(N3CCCC3)nc(N3CCCC3)nc21. The number of fused-ring (bicyclic) bond motifs is 1. The molecule has 2 aliphatic heterocycles. The normalized spacial score (nSPS) is 16.0. The second kappa shape index (κ2) is 8.40. The molecule has 1 amide bonds. The van der Waals surface area contributed by atoms with E-state index in [0.717, 1.165) is 60.2 Å². The fourth-order valence-electron chi connectivity index (χ4n) is 4.85. The number of aromatic amines is 1. The molecule has 2 N–H and O–H groups in total. The average molecular weight is 459 g/mol. The van der Waals surface area contributed by atoms with Crippen LogP contribution in [-0.4, -0.2) is 67.2 Å². The van der Waals surface area contributed by atoms with Crippen LogP contribution in [0.25, 0.3) is 22.3 Å². The van der Waals surface area contributed by atoms with E-state index in [1.54, 1.807) is 12.1 Å². The molecule has 4 aromatic rings. The molecule has 0 radical (unpaired) electrons. The number of nitrogens with one attached hydrogen (secondary N) is 2. The highest BCUT2D eigenvalue weighted by Gasteiger charge is 2.24. The number of carbonyl (C=O) groups is 1. The molecule has 0 bridgehead atoms. The van der Waals surface area contributed by atoms with Gasteiger partial charge < -0.3 is 14.4 Å². The molecule has 5 heterocycles. The van der Waals surface area contributed by atoms with Crippen molar-refractivity contribution in [3.05, 3.63) is 35.9 Å². The maximum Gasteiger partial charge on any atom is 0.270 e. The van der Waals surface area contributed by atoms with E-state index in [1.807, 2.05) is 19.2 Å². The van der Waals surface area contributed by atoms with E-state index >= 15 is 0 Å². The number of rotatable bonds is 5. The Morgan fingerprint density at radius 2 is 1.68 bits per heavy atom. The van der Waals surface area contributed by atoms with E-state index in [2.05, 4.69) is 46.4 Å². The van der Waals surface area contributed by atoms with Crippen LogP contribution in [0.1, 0.15) is 36.0 Å². The summed E-state index contributed by atoms with van der Waals surface area (Å²) in [7, 11) is 2.04. The Labute approximate surface area is 196 Å². The smallest absolute Gasteiger partial charge is 0.270 e. The van der Waals surface area contributed by atoms with Crippen molar-refractivity contribution in [1.82, 2.24) is 35.2 Å². The minimum Gasteiger partial charge on any atom is -0.356 e. The van der Waals surface area contributed by atoms with Gasteiger partial charge in [-0.15, -0.1) is 5.10 Å². The molecular weight excluding hydrogens is 432 g/mol. The van der Waals surface area contributed by atoms with Gasteiger partial charge >= 0.3 is 0 Å². The van der Waals surface area contributed by atoms with Gasteiger partial charge in [-0.3, -0.25) is 10.1 Å². The number of aryl methyl sites for hydroxylation is 1. The zero-order valence-electron chi connectivity index (χ0n) is 19.0. The van der Waals surface area contributed by atoms with Crippen LogP contribution in [0.3, 0.4) is 0 Å². The van der Waals surface area contributed by atoms with Gasteiger partial charge in [0.05, 0.1) is 11.1 Å². The summed E-state index contributed by atoms with van der Waals surface area (Å²) in [4.78, 5) is 27.2. The van der Waals surface area contributed by atoms with Crippen LogP contribution < -0.4 is 15.1 Å². The van der Waals surface area contributed by atoms with Gasteiger partial charge in [-0.25, -0.2) is 0 Å². The van der Waals surface area contributed by atoms with Crippen molar-refractivity contribution < 1.29 is 4.79 Å². The third-order valence-corrected chi connectivity index (χ3v) is 6.66. The molecule has 174 valence electrons. The zero-order chi connectivity index (χ0) is 23.1. The molecule has 6 rings (SSSR count). The number of aromatic nitrogens is 7. The molecule has 1 aromatic carbocycles. The number of benzene rings is 1. The lowest BCUT2D eigenvalue weighted by Gasteiger charge is -2.21. The third-order valence-electron chi connectivity index (χ3n) is 6.66. The Morgan fingerprint density at radius 3 is 2.35 bits per heavy atom. The summed E-state index contributed by atoms with van der Waals surface area (Å²) in [6, 6.07) is 9.66. The van der Waals surface area contributed by atoms with E-state index in [1.165, 1.54) is 25.7 Å². The summed E-state index contributed by atoms with van der Waals surface area (Å²) in [5.41, 5.74) is 3.49. The Bertz CT molecular complexity index is 1320. The Morgan fingerprint density at radius 1 is 0.971 bits per heavy atom. The fourth-order valence-corrected chi connectivity index (χ4v) is 4.85. The quantitative estimate of drug-likeness (QED) is 0.468. The molecule has 0 aliphatic carbocycles. The zero-order valence-corrected chi connectivity index (χ0v) is 19.0. The highest BCUT2D eigenvalue weighted by molar-refractivity contribution is 6.03. The monoisotopic (exact) mass is 458 g/mol. The Balaban J connectivity index is 1.37. The second-order valence-corrected chi connectivity index (χ2v) is 8.83. The van der Waals surface area contributed by atoms with Crippen molar-refractivity contribution >= 4 is 34.7 Å². The maximum atomic E-state index is 12.5. The van der Waals surface area contributed by atoms with E-state index in [9.17, 15) is 4.79 Å². The van der Waals surface area contributed by atoms with Gasteiger partial charge in [0.15, 0.2) is 0 Å². The summed E-state index contributed by atoms with van der Waals surface area (Å²) in [5.74, 6) is 1.71. The minimum atomic E-state index is -0.289. The number of amides is 1. The van der Waals surface area contributed by atoms with Crippen LogP contribution in [0.15, 0.2) is 30.3 Å². The molecule has 0 unspecified atom stereocenters.